The number of cyclic esters (lactones) is 1. The molecule has 110 valence electrons. The molecule has 1 saturated heterocycles. The highest BCUT2D eigenvalue weighted by molar-refractivity contribution is 5.93. The molecule has 1 atom stereocenters. The van der Waals surface area contributed by atoms with E-state index < -0.39 is 6.09 Å². The fourth-order valence-electron chi connectivity index (χ4n) is 2.54. The van der Waals surface area contributed by atoms with Crippen molar-refractivity contribution in [1.82, 2.24) is 4.90 Å². The Morgan fingerprint density at radius 1 is 1.45 bits per heavy atom. The van der Waals surface area contributed by atoms with Crippen molar-refractivity contribution in [2.24, 2.45) is 5.92 Å². The van der Waals surface area contributed by atoms with Gasteiger partial charge in [0.15, 0.2) is 0 Å². The second kappa shape index (κ2) is 6.73. The summed E-state index contributed by atoms with van der Waals surface area (Å²) in [5.41, 5.74) is 1.20. The molecule has 0 saturated carbocycles. The van der Waals surface area contributed by atoms with Gasteiger partial charge in [-0.15, -0.1) is 0 Å². The van der Waals surface area contributed by atoms with Gasteiger partial charge in [0.25, 0.3) is 0 Å². The number of amides is 2. The van der Waals surface area contributed by atoms with Gasteiger partial charge in [-0.3, -0.25) is 4.79 Å². The van der Waals surface area contributed by atoms with Crippen molar-refractivity contribution >= 4 is 12.0 Å². The molecule has 1 fully saturated rings. The number of hydrogen-bond donors (Lipinski definition) is 0. The number of imide groups is 1. The van der Waals surface area contributed by atoms with Crippen LogP contribution in [-0.4, -0.2) is 29.5 Å². The molecule has 20 heavy (non-hydrogen) atoms. The van der Waals surface area contributed by atoms with E-state index in [0.717, 1.165) is 19.3 Å². The molecule has 4 heteroatoms. The minimum atomic E-state index is -0.482. The van der Waals surface area contributed by atoms with Crippen LogP contribution in [0.3, 0.4) is 0 Å². The number of ether oxygens (including phenoxy) is 1. The zero-order chi connectivity index (χ0) is 14.5. The van der Waals surface area contributed by atoms with Crippen LogP contribution >= 0.6 is 0 Å². The molecule has 0 radical (unpaired) electrons. The molecule has 0 N–H and O–H groups in total. The Kier molecular flexibility index (Phi) is 4.99. The van der Waals surface area contributed by atoms with Crippen LogP contribution in [0.5, 0.6) is 0 Å². The van der Waals surface area contributed by atoms with Crippen LogP contribution in [0, 0.1) is 5.92 Å². The van der Waals surface area contributed by atoms with Crippen LogP contribution in [0.2, 0.25) is 0 Å². The van der Waals surface area contributed by atoms with Crippen molar-refractivity contribution in [3.63, 3.8) is 0 Å². The van der Waals surface area contributed by atoms with Gasteiger partial charge in [0.2, 0.25) is 5.91 Å². The van der Waals surface area contributed by atoms with E-state index in [1.54, 1.807) is 0 Å². The summed E-state index contributed by atoms with van der Waals surface area (Å²) in [4.78, 5) is 25.3. The first-order chi connectivity index (χ1) is 9.58. The van der Waals surface area contributed by atoms with Crippen molar-refractivity contribution < 1.29 is 14.3 Å². The maximum Gasteiger partial charge on any atom is 0.416 e. The van der Waals surface area contributed by atoms with Crippen LogP contribution in [-0.2, 0) is 9.53 Å². The van der Waals surface area contributed by atoms with Gasteiger partial charge in [-0.1, -0.05) is 37.6 Å². The highest BCUT2D eigenvalue weighted by Crippen LogP contribution is 2.24. The summed E-state index contributed by atoms with van der Waals surface area (Å²) in [5.74, 6) is 0.353. The molecule has 1 heterocycles. The largest absolute Gasteiger partial charge is 0.447 e. The summed E-state index contributed by atoms with van der Waals surface area (Å²) < 4.78 is 5.06. The van der Waals surface area contributed by atoms with Crippen molar-refractivity contribution in [2.75, 3.05) is 6.61 Å². The Morgan fingerprint density at radius 2 is 2.25 bits per heavy atom. The molecule has 0 aromatic carbocycles. The van der Waals surface area contributed by atoms with Crippen LogP contribution < -0.4 is 0 Å². The van der Waals surface area contributed by atoms with Gasteiger partial charge in [-0.05, 0) is 31.6 Å². The summed E-state index contributed by atoms with van der Waals surface area (Å²) in [6.07, 6.45) is 9.95. The Morgan fingerprint density at radius 3 is 2.90 bits per heavy atom. The Hall–Kier alpha value is -1.58. The third kappa shape index (κ3) is 3.71. The number of hydrogen-bond acceptors (Lipinski definition) is 3. The lowest BCUT2D eigenvalue weighted by Gasteiger charge is -2.21. The normalized spacial score (nSPS) is 22.1. The van der Waals surface area contributed by atoms with Crippen molar-refractivity contribution in [1.29, 1.82) is 0 Å². The van der Waals surface area contributed by atoms with Gasteiger partial charge in [0.1, 0.15) is 6.61 Å². The van der Waals surface area contributed by atoms with Gasteiger partial charge in [0.05, 0.1) is 6.04 Å². The highest BCUT2D eigenvalue weighted by Gasteiger charge is 2.37. The lowest BCUT2D eigenvalue weighted by atomic mass is 9.99. The average molecular weight is 277 g/mol. The lowest BCUT2D eigenvalue weighted by Crippen LogP contribution is -2.39. The van der Waals surface area contributed by atoms with Gasteiger partial charge in [0, 0.05) is 6.42 Å². The van der Waals surface area contributed by atoms with Crippen LogP contribution in [0.25, 0.3) is 0 Å². The minimum absolute atomic E-state index is 0.105. The molecule has 2 amide bonds. The first kappa shape index (κ1) is 14.8. The van der Waals surface area contributed by atoms with E-state index in [9.17, 15) is 9.59 Å². The van der Waals surface area contributed by atoms with E-state index in [1.807, 2.05) is 0 Å². The molecule has 0 aromatic heterocycles. The molecular weight excluding hydrogens is 254 g/mol. The molecule has 4 nitrogen and oxygen atoms in total. The molecule has 0 unspecified atom stereocenters. The standard InChI is InChI=1S/C16H23NO3/c1-12(2)8-9-15(18)17-14(11-20-16(17)19)10-13-6-4-3-5-7-13/h4,6-7,12,14H,3,5,8-11H2,1-2H3/t14-/m0/s1. The Bertz CT molecular complexity index is 437. The van der Waals surface area contributed by atoms with E-state index in [1.165, 1.54) is 10.5 Å². The molecule has 0 spiro atoms. The summed E-state index contributed by atoms with van der Waals surface area (Å²) in [7, 11) is 0. The highest BCUT2D eigenvalue weighted by atomic mass is 16.6. The maximum atomic E-state index is 12.2. The van der Waals surface area contributed by atoms with Crippen LogP contribution in [0.4, 0.5) is 4.79 Å². The predicted octanol–water partition coefficient (Wildman–Crippen LogP) is 3.44. The number of carbonyl (C=O) groups excluding carboxylic acids is 2. The fourth-order valence-corrected chi connectivity index (χ4v) is 2.54. The monoisotopic (exact) mass is 277 g/mol. The van der Waals surface area contributed by atoms with Gasteiger partial charge in [-0.25, -0.2) is 9.69 Å². The molecule has 2 rings (SSSR count). The summed E-state index contributed by atoms with van der Waals surface area (Å²) in [6, 6.07) is -0.142. The molecule has 0 bridgehead atoms. The maximum absolute atomic E-state index is 12.2. The van der Waals surface area contributed by atoms with Crippen LogP contribution in [0.15, 0.2) is 23.8 Å². The SMILES string of the molecule is CC(C)CCC(=O)N1C(=O)OC[C@@H]1CC1=CCCC=C1. The fraction of sp³-hybridized carbons (Fsp3) is 0.625. The van der Waals surface area contributed by atoms with Crippen molar-refractivity contribution in [2.45, 2.75) is 52.0 Å². The Balaban J connectivity index is 1.97. The first-order valence-corrected chi connectivity index (χ1v) is 7.42. The van der Waals surface area contributed by atoms with Crippen LogP contribution in [0.1, 0.15) is 46.0 Å². The third-order valence-corrected chi connectivity index (χ3v) is 3.71. The van der Waals surface area contributed by atoms with Gasteiger partial charge in [-0.2, -0.15) is 0 Å². The lowest BCUT2D eigenvalue weighted by molar-refractivity contribution is -0.129. The average Bonchev–Trinajstić information content (AvgIpc) is 2.78. The van der Waals surface area contributed by atoms with Crippen molar-refractivity contribution in [3.8, 4) is 0 Å². The minimum Gasteiger partial charge on any atom is -0.447 e. The number of rotatable bonds is 5. The second-order valence-electron chi connectivity index (χ2n) is 5.89. The van der Waals surface area contributed by atoms with Crippen molar-refractivity contribution in [3.05, 3.63) is 23.8 Å². The van der Waals surface area contributed by atoms with E-state index in [4.69, 9.17) is 4.74 Å². The number of carbonyl (C=O) groups is 2. The third-order valence-electron chi connectivity index (χ3n) is 3.71. The second-order valence-corrected chi connectivity index (χ2v) is 5.89. The molecular formula is C16H23NO3. The predicted molar refractivity (Wildman–Crippen MR) is 77.1 cm³/mol. The number of nitrogens with zero attached hydrogens (tertiary/aromatic N) is 1. The summed E-state index contributed by atoms with van der Waals surface area (Å²) >= 11 is 0. The van der Waals surface area contributed by atoms with E-state index in [0.29, 0.717) is 25.4 Å². The quantitative estimate of drug-likeness (QED) is 0.773. The molecule has 1 aliphatic heterocycles. The van der Waals surface area contributed by atoms with E-state index in [2.05, 4.69) is 32.1 Å². The Labute approximate surface area is 120 Å². The first-order valence-electron chi connectivity index (χ1n) is 7.42. The molecule has 2 aliphatic rings. The summed E-state index contributed by atoms with van der Waals surface area (Å²) in [5, 5.41) is 0. The molecule has 0 aromatic rings. The van der Waals surface area contributed by atoms with E-state index >= 15 is 0 Å². The van der Waals surface area contributed by atoms with E-state index in [-0.39, 0.29) is 11.9 Å². The smallest absolute Gasteiger partial charge is 0.416 e. The summed E-state index contributed by atoms with van der Waals surface area (Å²) in [6.45, 7) is 4.47. The topological polar surface area (TPSA) is 46.6 Å². The zero-order valence-corrected chi connectivity index (χ0v) is 12.3. The van der Waals surface area contributed by atoms with Gasteiger partial charge < -0.3 is 4.74 Å². The van der Waals surface area contributed by atoms with Gasteiger partial charge >= 0.3 is 6.09 Å². The zero-order valence-electron chi connectivity index (χ0n) is 12.3. The molecule has 1 aliphatic carbocycles. The number of allylic oxidation sites excluding steroid dienone is 3.